The molecule has 0 aromatic carbocycles. The number of nitrogens with zero attached hydrogens (tertiary/aromatic N) is 1. The van der Waals surface area contributed by atoms with Crippen molar-refractivity contribution in [2.75, 3.05) is 11.9 Å². The minimum absolute atomic E-state index is 0.0467. The van der Waals surface area contributed by atoms with E-state index in [-0.39, 0.29) is 22.2 Å². The first-order valence-corrected chi connectivity index (χ1v) is 7.95. The van der Waals surface area contributed by atoms with Crippen LogP contribution in [0.25, 0.3) is 0 Å². The van der Waals surface area contributed by atoms with Gasteiger partial charge < -0.3 is 10.1 Å². The maximum atomic E-state index is 12.1. The minimum Gasteiger partial charge on any atom is -0.462 e. The van der Waals surface area contributed by atoms with Gasteiger partial charge in [0, 0.05) is 6.07 Å². The number of halogens is 1. The lowest BCUT2D eigenvalue weighted by atomic mass is 10.3. The Morgan fingerprint density at radius 3 is 2.68 bits per heavy atom. The van der Waals surface area contributed by atoms with Gasteiger partial charge in [0.2, 0.25) is 0 Å². The summed E-state index contributed by atoms with van der Waals surface area (Å²) >= 11 is 7.51. The highest BCUT2D eigenvalue weighted by Crippen LogP contribution is 2.35. The molecule has 10 heteroatoms. The third kappa shape index (κ3) is 3.62. The molecule has 2 rings (SSSR count). The first-order chi connectivity index (χ1) is 10.4. The fraction of sp³-hybridized carbons (Fsp3) is 0.167. The first-order valence-electron chi connectivity index (χ1n) is 5.94. The number of hydrogen-bond acceptors (Lipinski definition) is 7. The maximum absolute atomic E-state index is 12.1. The van der Waals surface area contributed by atoms with E-state index in [1.807, 2.05) is 0 Å². The van der Waals surface area contributed by atoms with Crippen molar-refractivity contribution in [1.29, 1.82) is 0 Å². The lowest BCUT2D eigenvalue weighted by Gasteiger charge is -2.04. The van der Waals surface area contributed by atoms with Gasteiger partial charge in [0.25, 0.3) is 5.91 Å². The Labute approximate surface area is 137 Å². The van der Waals surface area contributed by atoms with E-state index in [1.165, 1.54) is 6.07 Å². The SMILES string of the molecule is CCOC(=O)c1cc([N+](=O)[O-])sc1NC(=O)c1ccc(Cl)s1. The van der Waals surface area contributed by atoms with Crippen LogP contribution in [0, 0.1) is 10.1 Å². The van der Waals surface area contributed by atoms with Crippen LogP contribution in [-0.2, 0) is 4.74 Å². The van der Waals surface area contributed by atoms with E-state index in [9.17, 15) is 19.7 Å². The highest BCUT2D eigenvalue weighted by atomic mass is 35.5. The van der Waals surface area contributed by atoms with E-state index in [0.29, 0.717) is 20.6 Å². The van der Waals surface area contributed by atoms with E-state index < -0.39 is 16.8 Å². The zero-order valence-electron chi connectivity index (χ0n) is 11.1. The van der Waals surface area contributed by atoms with Crippen LogP contribution in [0.4, 0.5) is 10.0 Å². The summed E-state index contributed by atoms with van der Waals surface area (Å²) in [5.74, 6) is -1.23. The number of anilines is 1. The number of carbonyl (C=O) groups excluding carboxylic acids is 2. The van der Waals surface area contributed by atoms with Crippen molar-refractivity contribution in [2.24, 2.45) is 0 Å². The number of ether oxygens (including phenoxy) is 1. The molecule has 0 aliphatic heterocycles. The quantitative estimate of drug-likeness (QED) is 0.496. The summed E-state index contributed by atoms with van der Waals surface area (Å²) in [7, 11) is 0. The number of hydrogen-bond donors (Lipinski definition) is 1. The van der Waals surface area contributed by atoms with Crippen LogP contribution in [0.1, 0.15) is 27.0 Å². The summed E-state index contributed by atoms with van der Waals surface area (Å²) < 4.78 is 5.27. The van der Waals surface area contributed by atoms with Crippen molar-refractivity contribution in [3.63, 3.8) is 0 Å². The van der Waals surface area contributed by atoms with Gasteiger partial charge in [-0.2, -0.15) is 0 Å². The highest BCUT2D eigenvalue weighted by molar-refractivity contribution is 7.20. The number of nitro groups is 1. The molecule has 0 unspecified atom stereocenters. The van der Waals surface area contributed by atoms with Crippen molar-refractivity contribution in [2.45, 2.75) is 6.92 Å². The maximum Gasteiger partial charge on any atom is 0.341 e. The van der Waals surface area contributed by atoms with Gasteiger partial charge in [-0.05, 0) is 30.4 Å². The monoisotopic (exact) mass is 360 g/mol. The van der Waals surface area contributed by atoms with Gasteiger partial charge >= 0.3 is 11.0 Å². The van der Waals surface area contributed by atoms with Gasteiger partial charge in [0.05, 0.1) is 20.7 Å². The van der Waals surface area contributed by atoms with Gasteiger partial charge in [0.15, 0.2) is 0 Å². The lowest BCUT2D eigenvalue weighted by Crippen LogP contribution is -2.13. The third-order valence-corrected chi connectivity index (χ3v) is 4.65. The molecule has 0 saturated heterocycles. The molecule has 2 aromatic heterocycles. The van der Waals surface area contributed by atoms with Crippen LogP contribution in [0.15, 0.2) is 18.2 Å². The number of rotatable bonds is 5. The largest absolute Gasteiger partial charge is 0.462 e. The Morgan fingerprint density at radius 2 is 2.14 bits per heavy atom. The molecular weight excluding hydrogens is 352 g/mol. The van der Waals surface area contributed by atoms with E-state index in [1.54, 1.807) is 13.0 Å². The fourth-order valence-corrected chi connectivity index (χ4v) is 3.32. The van der Waals surface area contributed by atoms with E-state index >= 15 is 0 Å². The zero-order valence-corrected chi connectivity index (χ0v) is 13.5. The van der Waals surface area contributed by atoms with Crippen molar-refractivity contribution < 1.29 is 19.2 Å². The van der Waals surface area contributed by atoms with Crippen molar-refractivity contribution in [3.05, 3.63) is 43.1 Å². The molecule has 0 radical (unpaired) electrons. The second-order valence-electron chi connectivity index (χ2n) is 3.86. The Morgan fingerprint density at radius 1 is 1.41 bits per heavy atom. The molecule has 116 valence electrons. The topological polar surface area (TPSA) is 98.5 Å². The number of carbonyl (C=O) groups is 2. The molecule has 7 nitrogen and oxygen atoms in total. The molecule has 0 aliphatic carbocycles. The van der Waals surface area contributed by atoms with Crippen LogP contribution in [0.5, 0.6) is 0 Å². The van der Waals surface area contributed by atoms with E-state index in [0.717, 1.165) is 17.4 Å². The number of esters is 1. The Kier molecular flexibility index (Phi) is 5.11. The number of thiophene rings is 2. The van der Waals surface area contributed by atoms with Crippen LogP contribution < -0.4 is 5.32 Å². The van der Waals surface area contributed by atoms with Crippen LogP contribution in [0.2, 0.25) is 4.34 Å². The zero-order chi connectivity index (χ0) is 16.3. The molecule has 0 aliphatic rings. The summed E-state index contributed by atoms with van der Waals surface area (Å²) in [6.07, 6.45) is 0. The second kappa shape index (κ2) is 6.86. The first kappa shape index (κ1) is 16.4. The van der Waals surface area contributed by atoms with Gasteiger partial charge in [-0.3, -0.25) is 14.9 Å². The van der Waals surface area contributed by atoms with E-state index in [2.05, 4.69) is 5.32 Å². The molecule has 1 N–H and O–H groups in total. The number of amides is 1. The molecule has 1 amide bonds. The normalized spacial score (nSPS) is 10.3. The summed E-state index contributed by atoms with van der Waals surface area (Å²) in [6.45, 7) is 1.74. The predicted molar refractivity (Wildman–Crippen MR) is 84.2 cm³/mol. The van der Waals surface area contributed by atoms with Gasteiger partial charge in [-0.1, -0.05) is 11.6 Å². The number of nitrogens with one attached hydrogen (secondary N) is 1. The average Bonchev–Trinajstić information content (AvgIpc) is 3.05. The van der Waals surface area contributed by atoms with Crippen molar-refractivity contribution in [3.8, 4) is 0 Å². The van der Waals surface area contributed by atoms with Crippen LogP contribution >= 0.6 is 34.3 Å². The second-order valence-corrected chi connectivity index (χ2v) is 6.61. The molecule has 2 aromatic rings. The van der Waals surface area contributed by atoms with Crippen LogP contribution in [-0.4, -0.2) is 23.4 Å². The molecule has 0 bridgehead atoms. The summed E-state index contributed by atoms with van der Waals surface area (Å²) in [5, 5.41) is 13.1. The molecular formula is C12H9ClN2O5S2. The average molecular weight is 361 g/mol. The van der Waals surface area contributed by atoms with Crippen molar-refractivity contribution >= 4 is 56.2 Å². The molecule has 0 spiro atoms. The summed E-state index contributed by atoms with van der Waals surface area (Å²) in [4.78, 5) is 34.4. The summed E-state index contributed by atoms with van der Waals surface area (Å²) in [5.41, 5.74) is -0.0467. The van der Waals surface area contributed by atoms with Crippen LogP contribution in [0.3, 0.4) is 0 Å². The third-order valence-electron chi connectivity index (χ3n) is 2.42. The van der Waals surface area contributed by atoms with E-state index in [4.69, 9.17) is 16.3 Å². The minimum atomic E-state index is -0.730. The smallest absolute Gasteiger partial charge is 0.341 e. The Balaban J connectivity index is 2.30. The molecule has 2 heterocycles. The molecule has 0 fully saturated rings. The molecule has 0 saturated carbocycles. The standard InChI is InChI=1S/C12H9ClN2O5S2/c1-2-20-12(17)6-5-9(15(18)19)22-11(6)14-10(16)7-3-4-8(13)21-7/h3-5H,2H2,1H3,(H,14,16). The Hall–Kier alpha value is -1.97. The van der Waals surface area contributed by atoms with Gasteiger partial charge in [-0.15, -0.1) is 11.3 Å². The summed E-state index contributed by atoms with van der Waals surface area (Å²) in [6, 6.07) is 4.17. The fourth-order valence-electron chi connectivity index (χ4n) is 1.52. The molecule has 22 heavy (non-hydrogen) atoms. The lowest BCUT2D eigenvalue weighted by molar-refractivity contribution is -0.380. The van der Waals surface area contributed by atoms with Gasteiger partial charge in [-0.25, -0.2) is 4.79 Å². The predicted octanol–water partition coefficient (Wildman–Crippen LogP) is 3.80. The van der Waals surface area contributed by atoms with Gasteiger partial charge in [0.1, 0.15) is 10.6 Å². The molecule has 0 atom stereocenters. The highest BCUT2D eigenvalue weighted by Gasteiger charge is 2.24. The van der Waals surface area contributed by atoms with Crippen molar-refractivity contribution in [1.82, 2.24) is 0 Å². The Bertz CT molecular complexity index is 740.